The van der Waals surface area contributed by atoms with E-state index in [2.05, 4.69) is 0 Å². The minimum absolute atomic E-state index is 0.500. The highest BCUT2D eigenvalue weighted by Crippen LogP contribution is 1.98. The second kappa shape index (κ2) is 3.39. The Labute approximate surface area is 53.4 Å². The summed E-state index contributed by atoms with van der Waals surface area (Å²) in [5, 5.41) is 0. The van der Waals surface area contributed by atoms with E-state index in [-0.39, 0.29) is 0 Å². The summed E-state index contributed by atoms with van der Waals surface area (Å²) >= 11 is 0. The Morgan fingerprint density at radius 1 is 1.38 bits per heavy atom. The van der Waals surface area contributed by atoms with Crippen molar-refractivity contribution in [1.29, 1.82) is 0 Å². The lowest BCUT2D eigenvalue weighted by molar-refractivity contribution is 0.391. The van der Waals surface area contributed by atoms with Gasteiger partial charge in [0.1, 0.15) is 0 Å². The summed E-state index contributed by atoms with van der Waals surface area (Å²) in [5.41, 5.74) is 0. The molecule has 0 rings (SSSR count). The third-order valence-corrected chi connectivity index (χ3v) is 9.05. The summed E-state index contributed by atoms with van der Waals surface area (Å²) in [6, 6.07) is 1.64. The Kier molecular flexibility index (Phi) is 3.54. The highest BCUT2D eigenvalue weighted by molar-refractivity contribution is 7.16. The van der Waals surface area contributed by atoms with Crippen LogP contribution in [0.5, 0.6) is 0 Å². The van der Waals surface area contributed by atoms with Crippen LogP contribution in [0.1, 0.15) is 13.8 Å². The van der Waals surface area contributed by atoms with Crippen LogP contribution in [0.4, 0.5) is 0 Å². The van der Waals surface area contributed by atoms with E-state index in [1.807, 2.05) is 13.8 Å². The number of rotatable bonds is 3. The second-order valence-electron chi connectivity index (χ2n) is 2.09. The largest absolute Gasteiger partial charge is 0.413 e. The zero-order valence-electron chi connectivity index (χ0n) is 5.52. The first-order chi connectivity index (χ1) is 3.62. The maximum absolute atomic E-state index is 9.08. The summed E-state index contributed by atoms with van der Waals surface area (Å²) in [4.78, 5) is 18.2. The lowest BCUT2D eigenvalue weighted by Gasteiger charge is -2.12. The van der Waals surface area contributed by atoms with Gasteiger partial charge in [-0.2, -0.15) is 0 Å². The highest BCUT2D eigenvalue weighted by atomic mass is 29.2. The van der Waals surface area contributed by atoms with Crippen molar-refractivity contribution in [1.82, 2.24) is 0 Å². The van der Waals surface area contributed by atoms with Crippen molar-refractivity contribution < 1.29 is 9.59 Å². The summed E-state index contributed by atoms with van der Waals surface area (Å²) in [6.07, 6.45) is 0. The van der Waals surface area contributed by atoms with Crippen LogP contribution in [-0.4, -0.2) is 26.7 Å². The monoisotopic (exact) mass is 150 g/mol. The van der Waals surface area contributed by atoms with E-state index in [0.29, 0.717) is 6.04 Å². The smallest absolute Gasteiger partial charge is 0.303 e. The van der Waals surface area contributed by atoms with Crippen molar-refractivity contribution >= 4 is 17.1 Å². The van der Waals surface area contributed by atoms with Gasteiger partial charge in [0.25, 0.3) is 0 Å². The quantitative estimate of drug-likeness (QED) is 0.534. The van der Waals surface area contributed by atoms with Gasteiger partial charge in [0, 0.05) is 0 Å². The summed E-state index contributed by atoms with van der Waals surface area (Å²) < 4.78 is 0. The molecular formula is C4H14O2Si2. The van der Waals surface area contributed by atoms with Gasteiger partial charge in [0.15, 0.2) is 0 Å². The Morgan fingerprint density at radius 3 is 2.00 bits per heavy atom. The molecule has 0 atom stereocenters. The average molecular weight is 150 g/mol. The Morgan fingerprint density at radius 2 is 1.88 bits per heavy atom. The van der Waals surface area contributed by atoms with Gasteiger partial charge >= 0.3 is 8.08 Å². The van der Waals surface area contributed by atoms with E-state index in [4.69, 9.17) is 9.59 Å². The minimum Gasteiger partial charge on any atom is -0.413 e. The van der Waals surface area contributed by atoms with E-state index in [1.54, 1.807) is 0 Å². The molecule has 0 amide bonds. The third kappa shape index (κ3) is 3.37. The first-order valence-electron chi connectivity index (χ1n) is 3.07. The lowest BCUT2D eigenvalue weighted by Crippen LogP contribution is -2.41. The van der Waals surface area contributed by atoms with Crippen LogP contribution < -0.4 is 0 Å². The molecule has 0 aliphatic carbocycles. The van der Waals surface area contributed by atoms with Crippen molar-refractivity contribution in [3.63, 3.8) is 0 Å². The van der Waals surface area contributed by atoms with Crippen molar-refractivity contribution in [2.24, 2.45) is 0 Å². The van der Waals surface area contributed by atoms with Crippen LogP contribution in [0.2, 0.25) is 12.1 Å². The fraction of sp³-hybridized carbons (Fsp3) is 1.00. The van der Waals surface area contributed by atoms with Gasteiger partial charge in [0.05, 0.1) is 9.04 Å². The molecule has 0 saturated heterocycles. The van der Waals surface area contributed by atoms with Gasteiger partial charge in [-0.25, -0.2) is 0 Å². The summed E-state index contributed by atoms with van der Waals surface area (Å²) in [6.45, 7) is 3.88. The van der Waals surface area contributed by atoms with Crippen LogP contribution in [0.15, 0.2) is 0 Å². The maximum atomic E-state index is 9.08. The van der Waals surface area contributed by atoms with Crippen LogP contribution in [0.3, 0.4) is 0 Å². The molecule has 0 saturated carbocycles. The number of hydrogen-bond acceptors (Lipinski definition) is 2. The average Bonchev–Trinajstić information content (AvgIpc) is 1.67. The topological polar surface area (TPSA) is 40.5 Å². The molecule has 0 radical (unpaired) electrons. The Hall–Kier alpha value is 0.354. The fourth-order valence-corrected chi connectivity index (χ4v) is 5.19. The summed E-state index contributed by atoms with van der Waals surface area (Å²) in [7, 11) is -3.04. The normalized spacial score (nSPS) is 13.5. The molecule has 0 aromatic carbocycles. The molecule has 0 heterocycles. The van der Waals surface area contributed by atoms with Crippen LogP contribution in [0, 0.1) is 0 Å². The van der Waals surface area contributed by atoms with Gasteiger partial charge in [0.2, 0.25) is 0 Å². The Balaban J connectivity index is 3.37. The number of hydrogen-bond donors (Lipinski definition) is 2. The molecule has 0 fully saturated rings. The summed E-state index contributed by atoms with van der Waals surface area (Å²) in [5.74, 6) is 0. The molecule has 8 heavy (non-hydrogen) atoms. The van der Waals surface area contributed by atoms with Gasteiger partial charge in [-0.05, 0) is 6.04 Å². The standard InChI is InChI=1S/C4H14O2Si2/c1-3-7-8(5,6)4-2/h5-6H,3-4,7H2,1-2H3. The molecule has 0 spiro atoms. The molecule has 0 aliphatic rings. The second-order valence-corrected chi connectivity index (χ2v) is 11.2. The first-order valence-corrected chi connectivity index (χ1v) is 8.50. The molecule has 0 aliphatic heterocycles. The molecule has 50 valence electrons. The first kappa shape index (κ1) is 8.35. The van der Waals surface area contributed by atoms with E-state index in [1.165, 1.54) is 0 Å². The van der Waals surface area contributed by atoms with Crippen molar-refractivity contribution in [2.75, 3.05) is 0 Å². The molecule has 0 bridgehead atoms. The highest BCUT2D eigenvalue weighted by Gasteiger charge is 2.23. The Bertz CT molecular complexity index is 65.1. The maximum Gasteiger partial charge on any atom is 0.303 e. The molecule has 4 heteroatoms. The van der Waals surface area contributed by atoms with Gasteiger partial charge in [-0.1, -0.05) is 19.9 Å². The van der Waals surface area contributed by atoms with E-state index >= 15 is 0 Å². The van der Waals surface area contributed by atoms with Crippen LogP contribution in [0.25, 0.3) is 0 Å². The molecule has 0 unspecified atom stereocenters. The van der Waals surface area contributed by atoms with Crippen molar-refractivity contribution in [3.05, 3.63) is 0 Å². The van der Waals surface area contributed by atoms with E-state index in [9.17, 15) is 0 Å². The SMILES string of the molecule is CC[SiH2][Si](O)(O)CC. The van der Waals surface area contributed by atoms with Crippen molar-refractivity contribution in [3.8, 4) is 0 Å². The predicted molar refractivity (Wildman–Crippen MR) is 39.7 cm³/mol. The minimum atomic E-state index is -2.54. The molecule has 2 nitrogen and oxygen atoms in total. The van der Waals surface area contributed by atoms with Gasteiger partial charge in [-0.15, -0.1) is 0 Å². The zero-order chi connectivity index (χ0) is 6.62. The van der Waals surface area contributed by atoms with E-state index in [0.717, 1.165) is 6.04 Å². The molecule has 0 aromatic rings. The van der Waals surface area contributed by atoms with Crippen LogP contribution in [-0.2, 0) is 0 Å². The van der Waals surface area contributed by atoms with Gasteiger partial charge < -0.3 is 9.59 Å². The molecular weight excluding hydrogens is 136 g/mol. The third-order valence-electron chi connectivity index (χ3n) is 1.22. The molecule has 2 N–H and O–H groups in total. The van der Waals surface area contributed by atoms with Crippen LogP contribution >= 0.6 is 0 Å². The molecule has 0 aromatic heterocycles. The lowest BCUT2D eigenvalue weighted by atomic mass is 11.0. The van der Waals surface area contributed by atoms with E-state index < -0.39 is 17.1 Å². The fourth-order valence-electron chi connectivity index (χ4n) is 0.577. The van der Waals surface area contributed by atoms with Crippen molar-refractivity contribution in [2.45, 2.75) is 25.9 Å². The van der Waals surface area contributed by atoms with Gasteiger partial charge in [-0.3, -0.25) is 0 Å². The predicted octanol–water partition coefficient (Wildman–Crippen LogP) is -0.463. The zero-order valence-corrected chi connectivity index (χ0v) is 7.93.